The summed E-state index contributed by atoms with van der Waals surface area (Å²) in [6.45, 7) is 7.93. The van der Waals surface area contributed by atoms with E-state index in [0.29, 0.717) is 12.9 Å². The molecular formula is C11H19NO4. The highest BCUT2D eigenvalue weighted by Gasteiger charge is 2.32. The van der Waals surface area contributed by atoms with Crippen LogP contribution in [-0.2, 0) is 14.3 Å². The van der Waals surface area contributed by atoms with E-state index in [0.717, 1.165) is 0 Å². The first-order chi connectivity index (χ1) is 7.33. The molecule has 0 N–H and O–H groups in total. The van der Waals surface area contributed by atoms with Crippen molar-refractivity contribution in [3.05, 3.63) is 0 Å². The van der Waals surface area contributed by atoms with Gasteiger partial charge >= 0.3 is 6.09 Å². The highest BCUT2D eigenvalue weighted by molar-refractivity contribution is 5.70. The second-order valence-corrected chi connectivity index (χ2v) is 4.99. The molecule has 1 aliphatic rings. The van der Waals surface area contributed by atoms with Crippen LogP contribution in [0.2, 0.25) is 0 Å². The molecular weight excluding hydrogens is 210 g/mol. The van der Waals surface area contributed by atoms with E-state index in [1.54, 1.807) is 0 Å². The maximum absolute atomic E-state index is 11.8. The maximum atomic E-state index is 11.8. The molecule has 0 aromatic carbocycles. The van der Waals surface area contributed by atoms with Crippen LogP contribution in [0.3, 0.4) is 0 Å². The van der Waals surface area contributed by atoms with Crippen molar-refractivity contribution in [1.29, 1.82) is 0 Å². The van der Waals surface area contributed by atoms with Gasteiger partial charge in [0.15, 0.2) is 6.29 Å². The zero-order chi connectivity index (χ0) is 12.3. The second kappa shape index (κ2) is 4.82. The Morgan fingerprint density at radius 2 is 2.12 bits per heavy atom. The second-order valence-electron chi connectivity index (χ2n) is 4.99. The molecule has 1 saturated heterocycles. The Morgan fingerprint density at radius 1 is 1.50 bits per heavy atom. The standard InChI is InChI=1S/C11H19NO4/c1-8-7-15-9(6-13)5-12(8)10(14)16-11(2,3)4/h6,8-9H,5,7H2,1-4H3/t8-,9?/m0/s1. The predicted octanol–water partition coefficient (Wildman–Crippen LogP) is 1.21. The van der Waals surface area contributed by atoms with E-state index in [-0.39, 0.29) is 12.6 Å². The van der Waals surface area contributed by atoms with Crippen LogP contribution in [0.15, 0.2) is 0 Å². The Kier molecular flexibility index (Phi) is 3.91. The van der Waals surface area contributed by atoms with Crippen LogP contribution in [0.5, 0.6) is 0 Å². The molecule has 1 fully saturated rings. The monoisotopic (exact) mass is 229 g/mol. The third kappa shape index (κ3) is 3.48. The van der Waals surface area contributed by atoms with Gasteiger partial charge in [0, 0.05) is 0 Å². The highest BCUT2D eigenvalue weighted by atomic mass is 16.6. The first-order valence-corrected chi connectivity index (χ1v) is 5.40. The molecule has 0 spiro atoms. The van der Waals surface area contributed by atoms with Crippen LogP contribution in [-0.4, -0.2) is 48.2 Å². The molecule has 1 unspecified atom stereocenters. The molecule has 0 radical (unpaired) electrons. The summed E-state index contributed by atoms with van der Waals surface area (Å²) in [5, 5.41) is 0. The van der Waals surface area contributed by atoms with E-state index in [4.69, 9.17) is 9.47 Å². The summed E-state index contributed by atoms with van der Waals surface area (Å²) in [6.07, 6.45) is -0.220. The molecule has 5 heteroatoms. The fourth-order valence-electron chi connectivity index (χ4n) is 1.44. The van der Waals surface area contributed by atoms with Gasteiger partial charge in [0.1, 0.15) is 11.7 Å². The zero-order valence-corrected chi connectivity index (χ0v) is 10.2. The summed E-state index contributed by atoms with van der Waals surface area (Å²) in [6, 6.07) is -0.0638. The first-order valence-electron chi connectivity index (χ1n) is 5.40. The largest absolute Gasteiger partial charge is 0.444 e. The van der Waals surface area contributed by atoms with Gasteiger partial charge in [-0.05, 0) is 27.7 Å². The average molecular weight is 229 g/mol. The topological polar surface area (TPSA) is 55.8 Å². The fraction of sp³-hybridized carbons (Fsp3) is 0.818. The molecule has 0 aromatic rings. The maximum Gasteiger partial charge on any atom is 0.410 e. The van der Waals surface area contributed by atoms with Crippen molar-refractivity contribution in [3.8, 4) is 0 Å². The molecule has 1 amide bonds. The Balaban J connectivity index is 2.62. The van der Waals surface area contributed by atoms with E-state index in [9.17, 15) is 9.59 Å². The van der Waals surface area contributed by atoms with Crippen molar-refractivity contribution in [1.82, 2.24) is 4.90 Å². The fourth-order valence-corrected chi connectivity index (χ4v) is 1.44. The number of nitrogens with zero attached hydrogens (tertiary/aromatic N) is 1. The molecule has 0 aromatic heterocycles. The molecule has 1 rings (SSSR count). The van der Waals surface area contributed by atoms with Gasteiger partial charge in [0.2, 0.25) is 0 Å². The van der Waals surface area contributed by atoms with Crippen LogP contribution in [0.4, 0.5) is 4.79 Å². The lowest BCUT2D eigenvalue weighted by Gasteiger charge is -2.36. The number of carbonyl (C=O) groups excluding carboxylic acids is 2. The Labute approximate surface area is 95.7 Å². The molecule has 5 nitrogen and oxygen atoms in total. The van der Waals surface area contributed by atoms with E-state index in [1.165, 1.54) is 4.90 Å². The summed E-state index contributed by atoms with van der Waals surface area (Å²) in [7, 11) is 0. The van der Waals surface area contributed by atoms with Crippen LogP contribution in [0.25, 0.3) is 0 Å². The van der Waals surface area contributed by atoms with Gasteiger partial charge in [-0.2, -0.15) is 0 Å². The Hall–Kier alpha value is -1.10. The van der Waals surface area contributed by atoms with Crippen molar-refractivity contribution in [2.45, 2.75) is 45.4 Å². The van der Waals surface area contributed by atoms with E-state index in [2.05, 4.69) is 0 Å². The van der Waals surface area contributed by atoms with Gasteiger partial charge in [0.25, 0.3) is 0 Å². The highest BCUT2D eigenvalue weighted by Crippen LogP contribution is 2.16. The molecule has 0 aliphatic carbocycles. The number of aldehydes is 1. The number of hydrogen-bond donors (Lipinski definition) is 0. The van der Waals surface area contributed by atoms with E-state index >= 15 is 0 Å². The molecule has 1 heterocycles. The predicted molar refractivity (Wildman–Crippen MR) is 58.2 cm³/mol. The van der Waals surface area contributed by atoms with Gasteiger partial charge in [-0.3, -0.25) is 0 Å². The van der Waals surface area contributed by atoms with E-state index < -0.39 is 17.8 Å². The minimum absolute atomic E-state index is 0.0638. The lowest BCUT2D eigenvalue weighted by molar-refractivity contribution is -0.126. The minimum Gasteiger partial charge on any atom is -0.444 e. The smallest absolute Gasteiger partial charge is 0.410 e. The van der Waals surface area contributed by atoms with Crippen molar-refractivity contribution >= 4 is 12.4 Å². The molecule has 16 heavy (non-hydrogen) atoms. The molecule has 2 atom stereocenters. The van der Waals surface area contributed by atoms with Crippen LogP contribution < -0.4 is 0 Å². The van der Waals surface area contributed by atoms with Crippen molar-refractivity contribution in [2.75, 3.05) is 13.2 Å². The number of morpholine rings is 1. The van der Waals surface area contributed by atoms with Gasteiger partial charge in [-0.25, -0.2) is 4.79 Å². The number of amides is 1. The third-order valence-electron chi connectivity index (χ3n) is 2.24. The van der Waals surface area contributed by atoms with Crippen LogP contribution in [0, 0.1) is 0 Å². The quantitative estimate of drug-likeness (QED) is 0.634. The number of hydrogen-bond acceptors (Lipinski definition) is 4. The molecule has 1 aliphatic heterocycles. The normalized spacial score (nSPS) is 26.4. The summed E-state index contributed by atoms with van der Waals surface area (Å²) in [5.74, 6) is 0. The number of ether oxygens (including phenoxy) is 2. The minimum atomic E-state index is -0.538. The van der Waals surface area contributed by atoms with Crippen LogP contribution >= 0.6 is 0 Å². The number of carbonyl (C=O) groups is 2. The summed E-state index contributed by atoms with van der Waals surface area (Å²) in [4.78, 5) is 24.0. The van der Waals surface area contributed by atoms with E-state index in [1.807, 2.05) is 27.7 Å². The summed E-state index contributed by atoms with van der Waals surface area (Å²) < 4.78 is 10.5. The zero-order valence-electron chi connectivity index (χ0n) is 10.2. The molecule has 0 bridgehead atoms. The first kappa shape index (κ1) is 13.0. The van der Waals surface area contributed by atoms with Gasteiger partial charge in [0.05, 0.1) is 19.2 Å². The number of rotatable bonds is 1. The van der Waals surface area contributed by atoms with Crippen molar-refractivity contribution in [3.63, 3.8) is 0 Å². The summed E-state index contributed by atoms with van der Waals surface area (Å²) >= 11 is 0. The van der Waals surface area contributed by atoms with Crippen molar-refractivity contribution in [2.24, 2.45) is 0 Å². The SMILES string of the molecule is C[C@H]1COC(C=O)CN1C(=O)OC(C)(C)C. The van der Waals surface area contributed by atoms with Gasteiger partial charge in [-0.1, -0.05) is 0 Å². The Morgan fingerprint density at radius 3 is 2.62 bits per heavy atom. The summed E-state index contributed by atoms with van der Waals surface area (Å²) in [5.41, 5.74) is -0.522. The molecule has 92 valence electrons. The molecule has 0 saturated carbocycles. The van der Waals surface area contributed by atoms with Gasteiger partial charge in [-0.15, -0.1) is 0 Å². The lowest BCUT2D eigenvalue weighted by Crippen LogP contribution is -2.52. The van der Waals surface area contributed by atoms with Crippen LogP contribution in [0.1, 0.15) is 27.7 Å². The third-order valence-corrected chi connectivity index (χ3v) is 2.24. The van der Waals surface area contributed by atoms with Gasteiger partial charge < -0.3 is 19.2 Å². The van der Waals surface area contributed by atoms with Crippen molar-refractivity contribution < 1.29 is 19.1 Å². The average Bonchev–Trinajstić information content (AvgIpc) is 2.15. The lowest BCUT2D eigenvalue weighted by atomic mass is 10.2. The Bertz CT molecular complexity index is 272.